The van der Waals surface area contributed by atoms with E-state index in [1.165, 1.54) is 0 Å². The maximum absolute atomic E-state index is 5.92. The zero-order chi connectivity index (χ0) is 11.8. The first kappa shape index (κ1) is 10.4. The summed E-state index contributed by atoms with van der Waals surface area (Å²) in [7, 11) is 0. The number of nitrogens with zero attached hydrogens (tertiary/aromatic N) is 3. The van der Waals surface area contributed by atoms with E-state index in [4.69, 9.17) is 5.73 Å². The van der Waals surface area contributed by atoms with Crippen molar-refractivity contribution in [3.05, 3.63) is 30.4 Å². The van der Waals surface area contributed by atoms with Crippen molar-refractivity contribution in [3.8, 4) is 0 Å². The highest BCUT2D eigenvalue weighted by molar-refractivity contribution is 7.99. The molecule has 1 aliphatic rings. The molecule has 2 N–H and O–H groups in total. The van der Waals surface area contributed by atoms with Gasteiger partial charge >= 0.3 is 0 Å². The molecule has 0 bridgehead atoms. The van der Waals surface area contributed by atoms with E-state index < -0.39 is 0 Å². The van der Waals surface area contributed by atoms with Crippen molar-refractivity contribution in [1.82, 2.24) is 14.5 Å². The van der Waals surface area contributed by atoms with Gasteiger partial charge in [-0.1, -0.05) is 13.0 Å². The van der Waals surface area contributed by atoms with Crippen LogP contribution in [-0.4, -0.2) is 20.3 Å². The molecule has 0 saturated carbocycles. The molecule has 2 heterocycles. The largest absolute Gasteiger partial charge is 0.369 e. The summed E-state index contributed by atoms with van der Waals surface area (Å²) in [5.41, 5.74) is 8.62. The van der Waals surface area contributed by atoms with E-state index in [0.717, 1.165) is 27.6 Å². The summed E-state index contributed by atoms with van der Waals surface area (Å²) in [6.45, 7) is 2.11. The van der Waals surface area contributed by atoms with Crippen LogP contribution in [0.2, 0.25) is 0 Å². The highest BCUT2D eigenvalue weighted by Gasteiger charge is 2.14. The van der Waals surface area contributed by atoms with E-state index in [1.54, 1.807) is 11.8 Å². The van der Waals surface area contributed by atoms with Crippen molar-refractivity contribution in [3.63, 3.8) is 0 Å². The topological polar surface area (TPSA) is 56.7 Å². The molecule has 2 aromatic rings. The molecular weight excluding hydrogens is 232 g/mol. The van der Waals surface area contributed by atoms with Crippen LogP contribution in [0.1, 0.15) is 6.92 Å². The van der Waals surface area contributed by atoms with Gasteiger partial charge in [0.2, 0.25) is 5.95 Å². The molecule has 4 nitrogen and oxygen atoms in total. The molecule has 0 saturated heterocycles. The predicted octanol–water partition coefficient (Wildman–Crippen LogP) is 2.54. The average molecular weight is 244 g/mol. The van der Waals surface area contributed by atoms with Crippen molar-refractivity contribution < 1.29 is 0 Å². The molecule has 17 heavy (non-hydrogen) atoms. The highest BCUT2D eigenvalue weighted by atomic mass is 32.2. The number of fused-ring (bicyclic) bond motifs is 1. The van der Waals surface area contributed by atoms with Crippen LogP contribution in [0.25, 0.3) is 16.9 Å². The first-order chi connectivity index (χ1) is 8.29. The summed E-state index contributed by atoms with van der Waals surface area (Å²) in [5.74, 6) is 1.49. The number of hydrogen-bond acceptors (Lipinski definition) is 4. The Morgan fingerprint density at radius 1 is 1.35 bits per heavy atom. The third kappa shape index (κ3) is 1.63. The number of allylic oxidation sites excluding steroid dienone is 4. The average Bonchev–Trinajstić information content (AvgIpc) is 2.54. The zero-order valence-corrected chi connectivity index (χ0v) is 10.2. The van der Waals surface area contributed by atoms with Crippen LogP contribution in [0, 0.1) is 0 Å². The maximum atomic E-state index is 5.92. The van der Waals surface area contributed by atoms with Gasteiger partial charge in [0.15, 0.2) is 5.65 Å². The number of rotatable bonds is 3. The molecule has 0 aliphatic heterocycles. The number of hydrogen-bond donors (Lipinski definition) is 1. The summed E-state index contributed by atoms with van der Waals surface area (Å²) in [6, 6.07) is 3.95. The lowest BCUT2D eigenvalue weighted by molar-refractivity contribution is 1.08. The second-order valence-corrected chi connectivity index (χ2v) is 4.97. The number of thioether (sulfide) groups is 1. The SMILES string of the molecule is CCSc1ccc2nc(N)n(C3=CC=C3)c2n1. The fourth-order valence-electron chi connectivity index (χ4n) is 1.77. The molecule has 3 rings (SSSR count). The van der Waals surface area contributed by atoms with Crippen molar-refractivity contribution in [2.75, 3.05) is 11.5 Å². The molecule has 86 valence electrons. The number of nitrogen functional groups attached to an aromatic ring is 1. The van der Waals surface area contributed by atoms with Crippen molar-refractivity contribution >= 4 is 34.6 Å². The number of anilines is 1. The van der Waals surface area contributed by atoms with Crippen LogP contribution in [-0.2, 0) is 0 Å². The number of imidazole rings is 1. The van der Waals surface area contributed by atoms with Crippen LogP contribution in [0.4, 0.5) is 5.95 Å². The first-order valence-corrected chi connectivity index (χ1v) is 6.44. The molecule has 0 aromatic carbocycles. The van der Waals surface area contributed by atoms with E-state index in [-0.39, 0.29) is 0 Å². The Bertz CT molecular complexity index is 639. The lowest BCUT2D eigenvalue weighted by Crippen LogP contribution is -2.04. The van der Waals surface area contributed by atoms with Gasteiger partial charge in [0.1, 0.15) is 5.52 Å². The number of aromatic nitrogens is 3. The van der Waals surface area contributed by atoms with Crippen LogP contribution < -0.4 is 5.73 Å². The lowest BCUT2D eigenvalue weighted by Gasteiger charge is -2.10. The Morgan fingerprint density at radius 2 is 2.18 bits per heavy atom. The Kier molecular flexibility index (Phi) is 2.40. The Balaban J connectivity index is 2.18. The lowest BCUT2D eigenvalue weighted by atomic mass is 10.2. The molecule has 0 radical (unpaired) electrons. The predicted molar refractivity (Wildman–Crippen MR) is 71.8 cm³/mol. The smallest absolute Gasteiger partial charge is 0.207 e. The van der Waals surface area contributed by atoms with Crippen LogP contribution >= 0.6 is 11.8 Å². The van der Waals surface area contributed by atoms with E-state index in [9.17, 15) is 0 Å². The van der Waals surface area contributed by atoms with Gasteiger partial charge in [-0.25, -0.2) is 9.97 Å². The normalized spacial score (nSPS) is 13.8. The molecule has 2 aromatic heterocycles. The summed E-state index contributed by atoms with van der Waals surface area (Å²) < 4.78 is 1.88. The van der Waals surface area contributed by atoms with Crippen LogP contribution in [0.5, 0.6) is 0 Å². The molecular formula is C12H12N4S. The van der Waals surface area contributed by atoms with Gasteiger partial charge in [-0.15, -0.1) is 11.8 Å². The van der Waals surface area contributed by atoms with Gasteiger partial charge in [0.25, 0.3) is 0 Å². The third-order valence-corrected chi connectivity index (χ3v) is 3.40. The minimum absolute atomic E-state index is 0.488. The fraction of sp³-hybridized carbons (Fsp3) is 0.167. The Hall–Kier alpha value is -1.75. The number of pyridine rings is 1. The molecule has 0 fully saturated rings. The van der Waals surface area contributed by atoms with Gasteiger partial charge in [-0.3, -0.25) is 4.57 Å². The highest BCUT2D eigenvalue weighted by Crippen LogP contribution is 2.26. The van der Waals surface area contributed by atoms with Crippen molar-refractivity contribution in [2.45, 2.75) is 11.9 Å². The van der Waals surface area contributed by atoms with Crippen LogP contribution in [0.15, 0.2) is 35.4 Å². The van der Waals surface area contributed by atoms with Crippen LogP contribution in [0.3, 0.4) is 0 Å². The van der Waals surface area contributed by atoms with Gasteiger partial charge in [0.05, 0.1) is 10.7 Å². The second-order valence-electron chi connectivity index (χ2n) is 3.68. The van der Waals surface area contributed by atoms with E-state index >= 15 is 0 Å². The minimum Gasteiger partial charge on any atom is -0.369 e. The van der Waals surface area contributed by atoms with Gasteiger partial charge < -0.3 is 5.73 Å². The summed E-state index contributed by atoms with van der Waals surface area (Å²) in [4.78, 5) is 8.91. The van der Waals surface area contributed by atoms with Gasteiger partial charge in [-0.2, -0.15) is 0 Å². The quantitative estimate of drug-likeness (QED) is 0.843. The summed E-state index contributed by atoms with van der Waals surface area (Å²) in [5, 5.41) is 1.00. The van der Waals surface area contributed by atoms with E-state index in [2.05, 4.69) is 16.9 Å². The summed E-state index contributed by atoms with van der Waals surface area (Å²) in [6.07, 6.45) is 5.98. The molecule has 0 unspecified atom stereocenters. The third-order valence-electron chi connectivity index (χ3n) is 2.59. The minimum atomic E-state index is 0.488. The van der Waals surface area contributed by atoms with E-state index in [0.29, 0.717) is 5.95 Å². The van der Waals surface area contributed by atoms with Crippen molar-refractivity contribution in [2.24, 2.45) is 0 Å². The molecule has 0 atom stereocenters. The number of nitrogens with two attached hydrogens (primary N) is 1. The second kappa shape index (κ2) is 3.92. The standard InChI is InChI=1S/C12H12N4S/c1-2-17-10-7-6-9-11(15-10)16(12(13)14-9)8-4-3-5-8/h3-7H,2H2,1H3,(H2,13,14). The fourth-order valence-corrected chi connectivity index (χ4v) is 2.38. The Morgan fingerprint density at radius 3 is 2.82 bits per heavy atom. The van der Waals surface area contributed by atoms with Gasteiger partial charge in [-0.05, 0) is 30.0 Å². The first-order valence-electron chi connectivity index (χ1n) is 5.46. The molecule has 0 amide bonds. The summed E-state index contributed by atoms with van der Waals surface area (Å²) >= 11 is 1.71. The molecule has 5 heteroatoms. The van der Waals surface area contributed by atoms with Crippen molar-refractivity contribution in [1.29, 1.82) is 0 Å². The van der Waals surface area contributed by atoms with E-state index in [1.807, 2.05) is 34.9 Å². The Labute approximate surface area is 103 Å². The monoisotopic (exact) mass is 244 g/mol. The zero-order valence-electron chi connectivity index (χ0n) is 9.42. The molecule has 0 spiro atoms. The van der Waals surface area contributed by atoms with Gasteiger partial charge in [0, 0.05) is 0 Å². The molecule has 1 aliphatic carbocycles. The maximum Gasteiger partial charge on any atom is 0.207 e.